The summed E-state index contributed by atoms with van der Waals surface area (Å²) in [6.07, 6.45) is 0.163. The highest BCUT2D eigenvalue weighted by Crippen LogP contribution is 2.22. The summed E-state index contributed by atoms with van der Waals surface area (Å²) < 4.78 is 32.3. The van der Waals surface area contributed by atoms with Crippen molar-refractivity contribution in [3.63, 3.8) is 0 Å². The first-order chi connectivity index (χ1) is 9.76. The molecule has 1 aromatic rings. The molecule has 2 N–H and O–H groups in total. The first kappa shape index (κ1) is 17.5. The second kappa shape index (κ2) is 7.42. The van der Waals surface area contributed by atoms with Crippen molar-refractivity contribution in [1.82, 2.24) is 4.72 Å². The minimum Gasteiger partial charge on any atom is -0.494 e. The Bertz CT molecular complexity index is 597. The zero-order valence-corrected chi connectivity index (χ0v) is 13.2. The number of hydrogen-bond donors (Lipinski definition) is 2. The standard InChI is InChI=1S/C14H21NO5S/c1-4-20-13-7-6-12(9-10(13)2)21(18,19)15-11(3)5-8-14(16)17/h6-7,9,11,15H,4-5,8H2,1-3H3,(H,16,17). The van der Waals surface area contributed by atoms with Crippen LogP contribution in [-0.2, 0) is 14.8 Å². The van der Waals surface area contributed by atoms with E-state index in [-0.39, 0.29) is 17.7 Å². The summed E-state index contributed by atoms with van der Waals surface area (Å²) >= 11 is 0. The monoisotopic (exact) mass is 315 g/mol. The molecule has 7 heteroatoms. The van der Waals surface area contributed by atoms with Gasteiger partial charge in [0.1, 0.15) is 5.75 Å². The molecule has 1 atom stereocenters. The zero-order chi connectivity index (χ0) is 16.0. The van der Waals surface area contributed by atoms with Crippen molar-refractivity contribution in [1.29, 1.82) is 0 Å². The van der Waals surface area contributed by atoms with Crippen LogP contribution < -0.4 is 9.46 Å². The molecule has 0 aliphatic rings. The molecule has 0 spiro atoms. The van der Waals surface area contributed by atoms with Crippen molar-refractivity contribution in [3.8, 4) is 5.75 Å². The van der Waals surface area contributed by atoms with Crippen molar-refractivity contribution in [3.05, 3.63) is 23.8 Å². The Morgan fingerprint density at radius 2 is 2.10 bits per heavy atom. The lowest BCUT2D eigenvalue weighted by atomic mass is 10.2. The summed E-state index contributed by atoms with van der Waals surface area (Å²) in [5, 5.41) is 8.60. The third-order valence-corrected chi connectivity index (χ3v) is 4.49. The van der Waals surface area contributed by atoms with Gasteiger partial charge in [-0.3, -0.25) is 4.79 Å². The van der Waals surface area contributed by atoms with Gasteiger partial charge in [-0.1, -0.05) is 0 Å². The topological polar surface area (TPSA) is 92.7 Å². The first-order valence-corrected chi connectivity index (χ1v) is 8.22. The van der Waals surface area contributed by atoms with E-state index in [2.05, 4.69) is 4.72 Å². The molecular formula is C14H21NO5S. The van der Waals surface area contributed by atoms with Gasteiger partial charge in [-0.15, -0.1) is 0 Å². The van der Waals surface area contributed by atoms with Crippen molar-refractivity contribution < 1.29 is 23.1 Å². The molecule has 1 rings (SSSR count). The first-order valence-electron chi connectivity index (χ1n) is 6.74. The van der Waals surface area contributed by atoms with Gasteiger partial charge in [0.2, 0.25) is 10.0 Å². The predicted octanol–water partition coefficient (Wildman–Crippen LogP) is 1.93. The van der Waals surface area contributed by atoms with Gasteiger partial charge < -0.3 is 9.84 Å². The highest BCUT2D eigenvalue weighted by atomic mass is 32.2. The van der Waals surface area contributed by atoms with Gasteiger partial charge in [0.25, 0.3) is 0 Å². The van der Waals surface area contributed by atoms with Crippen LogP contribution in [0.5, 0.6) is 5.75 Å². The molecule has 0 heterocycles. The van der Waals surface area contributed by atoms with Gasteiger partial charge in [-0.25, -0.2) is 13.1 Å². The largest absolute Gasteiger partial charge is 0.494 e. The van der Waals surface area contributed by atoms with Crippen LogP contribution in [0.15, 0.2) is 23.1 Å². The van der Waals surface area contributed by atoms with Gasteiger partial charge in [-0.2, -0.15) is 0 Å². The minimum atomic E-state index is -3.66. The molecule has 118 valence electrons. The fraction of sp³-hybridized carbons (Fsp3) is 0.500. The highest BCUT2D eigenvalue weighted by Gasteiger charge is 2.18. The van der Waals surface area contributed by atoms with Crippen molar-refractivity contribution in [2.45, 2.75) is 44.6 Å². The van der Waals surface area contributed by atoms with Gasteiger partial charge in [-0.05, 0) is 51.0 Å². The fourth-order valence-corrected chi connectivity index (χ4v) is 3.20. The lowest BCUT2D eigenvalue weighted by Crippen LogP contribution is -2.33. The van der Waals surface area contributed by atoms with Crippen LogP contribution in [0.4, 0.5) is 0 Å². The summed E-state index contributed by atoms with van der Waals surface area (Å²) in [5.74, 6) is -0.298. The number of carboxylic acid groups (broad SMARTS) is 1. The molecule has 21 heavy (non-hydrogen) atoms. The Labute approximate surface area is 125 Å². The molecule has 0 amide bonds. The maximum absolute atomic E-state index is 12.2. The molecule has 0 aliphatic carbocycles. The Balaban J connectivity index is 2.83. The number of hydrogen-bond acceptors (Lipinski definition) is 4. The average molecular weight is 315 g/mol. The molecule has 0 fully saturated rings. The summed E-state index contributed by atoms with van der Waals surface area (Å²) in [4.78, 5) is 10.6. The number of aliphatic carboxylic acids is 1. The van der Waals surface area contributed by atoms with E-state index in [1.807, 2.05) is 6.92 Å². The molecule has 0 aromatic heterocycles. The van der Waals surface area contributed by atoms with E-state index in [9.17, 15) is 13.2 Å². The normalized spacial score (nSPS) is 12.9. The number of carbonyl (C=O) groups is 1. The van der Waals surface area contributed by atoms with Crippen molar-refractivity contribution in [2.24, 2.45) is 0 Å². The number of benzene rings is 1. The molecular weight excluding hydrogens is 294 g/mol. The number of aryl methyl sites for hydroxylation is 1. The molecule has 0 saturated heterocycles. The Kier molecular flexibility index (Phi) is 6.17. The van der Waals surface area contributed by atoms with Crippen LogP contribution in [0.1, 0.15) is 32.3 Å². The maximum atomic E-state index is 12.2. The lowest BCUT2D eigenvalue weighted by Gasteiger charge is -2.14. The summed E-state index contributed by atoms with van der Waals surface area (Å²) in [6.45, 7) is 5.78. The summed E-state index contributed by atoms with van der Waals surface area (Å²) in [6, 6.07) is 4.19. The predicted molar refractivity (Wildman–Crippen MR) is 79.0 cm³/mol. The third-order valence-electron chi connectivity index (χ3n) is 2.90. The second-order valence-corrected chi connectivity index (χ2v) is 6.53. The van der Waals surface area contributed by atoms with E-state index in [1.54, 1.807) is 19.9 Å². The Morgan fingerprint density at radius 3 is 2.62 bits per heavy atom. The molecule has 1 unspecified atom stereocenters. The van der Waals surface area contributed by atoms with Crippen LogP contribution in [0.25, 0.3) is 0 Å². The van der Waals surface area contributed by atoms with E-state index >= 15 is 0 Å². The number of ether oxygens (including phenoxy) is 1. The van der Waals surface area contributed by atoms with Crippen molar-refractivity contribution >= 4 is 16.0 Å². The Morgan fingerprint density at radius 1 is 1.43 bits per heavy atom. The van der Waals surface area contributed by atoms with Crippen LogP contribution in [0.3, 0.4) is 0 Å². The maximum Gasteiger partial charge on any atom is 0.303 e. The van der Waals surface area contributed by atoms with Gasteiger partial charge in [0, 0.05) is 12.5 Å². The van der Waals surface area contributed by atoms with E-state index in [1.165, 1.54) is 12.1 Å². The summed E-state index contributed by atoms with van der Waals surface area (Å²) in [7, 11) is -3.66. The van der Waals surface area contributed by atoms with Crippen molar-refractivity contribution in [2.75, 3.05) is 6.61 Å². The van der Waals surface area contributed by atoms with Crippen LogP contribution >= 0.6 is 0 Å². The minimum absolute atomic E-state index is 0.0774. The van der Waals surface area contributed by atoms with Gasteiger partial charge in [0.15, 0.2) is 0 Å². The third kappa shape index (κ3) is 5.35. The van der Waals surface area contributed by atoms with E-state index < -0.39 is 22.0 Å². The van der Waals surface area contributed by atoms with Crippen LogP contribution in [0, 0.1) is 6.92 Å². The molecule has 0 aliphatic heterocycles. The number of nitrogens with one attached hydrogen (secondary N) is 1. The number of carboxylic acids is 1. The number of rotatable bonds is 8. The summed E-state index contributed by atoms with van der Waals surface area (Å²) in [5.41, 5.74) is 0.734. The lowest BCUT2D eigenvalue weighted by molar-refractivity contribution is -0.137. The van der Waals surface area contributed by atoms with Gasteiger partial charge in [0.05, 0.1) is 11.5 Å². The van der Waals surface area contributed by atoms with E-state index in [4.69, 9.17) is 9.84 Å². The molecule has 1 aromatic carbocycles. The molecule has 0 saturated carbocycles. The van der Waals surface area contributed by atoms with Crippen LogP contribution in [-0.4, -0.2) is 32.1 Å². The molecule has 0 bridgehead atoms. The van der Waals surface area contributed by atoms with Crippen LogP contribution in [0.2, 0.25) is 0 Å². The highest BCUT2D eigenvalue weighted by molar-refractivity contribution is 7.89. The molecule has 6 nitrogen and oxygen atoms in total. The fourth-order valence-electron chi connectivity index (χ4n) is 1.84. The van der Waals surface area contributed by atoms with Gasteiger partial charge >= 0.3 is 5.97 Å². The Hall–Kier alpha value is -1.60. The zero-order valence-electron chi connectivity index (χ0n) is 12.4. The van der Waals surface area contributed by atoms with E-state index in [0.717, 1.165) is 5.56 Å². The molecule has 0 radical (unpaired) electrons. The number of sulfonamides is 1. The second-order valence-electron chi connectivity index (χ2n) is 4.82. The quantitative estimate of drug-likeness (QED) is 0.764. The van der Waals surface area contributed by atoms with E-state index in [0.29, 0.717) is 12.4 Å². The SMILES string of the molecule is CCOc1ccc(S(=O)(=O)NC(C)CCC(=O)O)cc1C. The average Bonchev–Trinajstić information content (AvgIpc) is 2.38. The smallest absolute Gasteiger partial charge is 0.303 e.